The van der Waals surface area contributed by atoms with Crippen molar-refractivity contribution in [2.75, 3.05) is 20.2 Å². The third-order valence-corrected chi connectivity index (χ3v) is 4.47. The first-order valence-corrected chi connectivity index (χ1v) is 8.00. The fraction of sp³-hybridized carbons (Fsp3) is 0.647. The number of hydrogen-bond acceptors (Lipinski definition) is 3. The first kappa shape index (κ1) is 14.9. The van der Waals surface area contributed by atoms with Crippen molar-refractivity contribution in [3.8, 4) is 0 Å². The molecule has 1 aliphatic heterocycles. The predicted molar refractivity (Wildman–Crippen MR) is 81.6 cm³/mol. The Balaban J connectivity index is 1.61. The first-order chi connectivity index (χ1) is 10.2. The molecule has 3 rings (SSSR count). The number of nitrogens with one attached hydrogen (secondary N) is 1. The standard InChI is InChI=1S/C17H25FN2O/c1-21-16-3-2-8-20(12-16)11-14-9-13(4-7-17(14)18)10-19-15-5-6-15/h4,7,9,15-16,19H,2-3,5-6,8,10-12H2,1H3. The summed E-state index contributed by atoms with van der Waals surface area (Å²) in [5.41, 5.74) is 1.99. The molecule has 0 radical (unpaired) electrons. The van der Waals surface area contributed by atoms with Gasteiger partial charge in [0, 0.05) is 38.3 Å². The summed E-state index contributed by atoms with van der Waals surface area (Å²) in [5.74, 6) is -0.0929. The van der Waals surface area contributed by atoms with Gasteiger partial charge in [-0.05, 0) is 43.9 Å². The highest BCUT2D eigenvalue weighted by atomic mass is 19.1. The van der Waals surface area contributed by atoms with E-state index in [1.54, 1.807) is 13.2 Å². The molecule has 116 valence electrons. The summed E-state index contributed by atoms with van der Waals surface area (Å²) in [7, 11) is 1.76. The Morgan fingerprint density at radius 1 is 1.33 bits per heavy atom. The average molecular weight is 292 g/mol. The molecule has 1 atom stereocenters. The van der Waals surface area contributed by atoms with Crippen LogP contribution in [0.5, 0.6) is 0 Å². The first-order valence-electron chi connectivity index (χ1n) is 8.00. The van der Waals surface area contributed by atoms with Crippen molar-refractivity contribution in [1.29, 1.82) is 0 Å². The van der Waals surface area contributed by atoms with Crippen molar-refractivity contribution in [3.63, 3.8) is 0 Å². The molecular weight excluding hydrogens is 267 g/mol. The minimum absolute atomic E-state index is 0.0929. The minimum atomic E-state index is -0.0929. The van der Waals surface area contributed by atoms with Crippen LogP contribution < -0.4 is 5.32 Å². The van der Waals surface area contributed by atoms with Crippen LogP contribution in [-0.4, -0.2) is 37.2 Å². The number of rotatable bonds is 6. The maximum atomic E-state index is 14.0. The normalized spacial score (nSPS) is 23.4. The van der Waals surface area contributed by atoms with Gasteiger partial charge >= 0.3 is 0 Å². The molecule has 2 fully saturated rings. The Hall–Kier alpha value is -0.970. The second kappa shape index (κ2) is 6.86. The molecule has 3 nitrogen and oxygen atoms in total. The lowest BCUT2D eigenvalue weighted by atomic mass is 10.1. The minimum Gasteiger partial charge on any atom is -0.380 e. The van der Waals surface area contributed by atoms with E-state index < -0.39 is 0 Å². The lowest BCUT2D eigenvalue weighted by molar-refractivity contribution is 0.0282. The van der Waals surface area contributed by atoms with E-state index in [0.717, 1.165) is 38.0 Å². The summed E-state index contributed by atoms with van der Waals surface area (Å²) in [6.45, 7) is 3.46. The molecule has 2 aliphatic rings. The van der Waals surface area contributed by atoms with E-state index in [2.05, 4.69) is 10.2 Å². The summed E-state index contributed by atoms with van der Waals surface area (Å²) in [6, 6.07) is 6.20. The fourth-order valence-electron chi connectivity index (χ4n) is 3.00. The van der Waals surface area contributed by atoms with Crippen LogP contribution in [-0.2, 0) is 17.8 Å². The second-order valence-electron chi connectivity index (χ2n) is 6.32. The molecule has 0 aromatic heterocycles. The van der Waals surface area contributed by atoms with E-state index in [4.69, 9.17) is 4.74 Å². The van der Waals surface area contributed by atoms with E-state index in [9.17, 15) is 4.39 Å². The van der Waals surface area contributed by atoms with Gasteiger partial charge in [0.05, 0.1) is 6.10 Å². The lowest BCUT2D eigenvalue weighted by Crippen LogP contribution is -2.38. The third-order valence-electron chi connectivity index (χ3n) is 4.47. The number of methoxy groups -OCH3 is 1. The van der Waals surface area contributed by atoms with Gasteiger partial charge in [0.15, 0.2) is 0 Å². The van der Waals surface area contributed by atoms with Crippen LogP contribution in [0.3, 0.4) is 0 Å². The van der Waals surface area contributed by atoms with E-state index in [1.165, 1.54) is 18.4 Å². The van der Waals surface area contributed by atoms with E-state index in [1.807, 2.05) is 12.1 Å². The summed E-state index contributed by atoms with van der Waals surface area (Å²) in [4.78, 5) is 2.30. The molecule has 1 aliphatic carbocycles. The Bertz CT molecular complexity index is 476. The van der Waals surface area contributed by atoms with Crippen LogP contribution in [0.25, 0.3) is 0 Å². The molecule has 1 aromatic carbocycles. The van der Waals surface area contributed by atoms with Crippen LogP contribution >= 0.6 is 0 Å². The smallest absolute Gasteiger partial charge is 0.127 e. The highest BCUT2D eigenvalue weighted by molar-refractivity contribution is 5.25. The van der Waals surface area contributed by atoms with Crippen molar-refractivity contribution >= 4 is 0 Å². The molecule has 21 heavy (non-hydrogen) atoms. The Labute approximate surface area is 126 Å². The number of piperidine rings is 1. The van der Waals surface area contributed by atoms with Gasteiger partial charge in [-0.2, -0.15) is 0 Å². The van der Waals surface area contributed by atoms with Crippen molar-refractivity contribution in [3.05, 3.63) is 35.1 Å². The van der Waals surface area contributed by atoms with E-state index in [-0.39, 0.29) is 5.82 Å². The average Bonchev–Trinajstić information content (AvgIpc) is 3.32. The number of ether oxygens (including phenoxy) is 1. The van der Waals surface area contributed by atoms with Crippen molar-refractivity contribution in [2.45, 2.75) is 50.9 Å². The molecule has 0 bridgehead atoms. The van der Waals surface area contributed by atoms with Gasteiger partial charge in [-0.15, -0.1) is 0 Å². The van der Waals surface area contributed by atoms with Crippen molar-refractivity contribution in [2.24, 2.45) is 0 Å². The van der Waals surface area contributed by atoms with Crippen LogP contribution in [0.2, 0.25) is 0 Å². The monoisotopic (exact) mass is 292 g/mol. The summed E-state index contributed by atoms with van der Waals surface area (Å²) in [6.07, 6.45) is 5.09. The molecule has 4 heteroatoms. The quantitative estimate of drug-likeness (QED) is 0.872. The van der Waals surface area contributed by atoms with E-state index >= 15 is 0 Å². The molecule has 0 spiro atoms. The number of halogens is 1. The topological polar surface area (TPSA) is 24.5 Å². The van der Waals surface area contributed by atoms with Gasteiger partial charge in [-0.25, -0.2) is 4.39 Å². The molecule has 1 saturated carbocycles. The van der Waals surface area contributed by atoms with Crippen molar-refractivity contribution in [1.82, 2.24) is 10.2 Å². The molecule has 1 N–H and O–H groups in total. The van der Waals surface area contributed by atoms with Gasteiger partial charge in [0.25, 0.3) is 0 Å². The third kappa shape index (κ3) is 4.25. The zero-order valence-electron chi connectivity index (χ0n) is 12.8. The van der Waals surface area contributed by atoms with Gasteiger partial charge in [0.2, 0.25) is 0 Å². The van der Waals surface area contributed by atoms with Crippen LogP contribution in [0, 0.1) is 5.82 Å². The molecule has 1 saturated heterocycles. The lowest BCUT2D eigenvalue weighted by Gasteiger charge is -2.32. The highest BCUT2D eigenvalue weighted by Gasteiger charge is 2.21. The number of likely N-dealkylation sites (tertiary alicyclic amines) is 1. The maximum absolute atomic E-state index is 14.0. The summed E-state index contributed by atoms with van der Waals surface area (Å²) < 4.78 is 19.5. The largest absolute Gasteiger partial charge is 0.380 e. The summed E-state index contributed by atoms with van der Waals surface area (Å²) >= 11 is 0. The SMILES string of the molecule is COC1CCCN(Cc2cc(CNC3CC3)ccc2F)C1. The second-order valence-corrected chi connectivity index (χ2v) is 6.32. The van der Waals surface area contributed by atoms with E-state index in [0.29, 0.717) is 18.7 Å². The Morgan fingerprint density at radius 2 is 2.19 bits per heavy atom. The van der Waals surface area contributed by atoms with Crippen LogP contribution in [0.1, 0.15) is 36.8 Å². The Morgan fingerprint density at radius 3 is 2.95 bits per heavy atom. The number of benzene rings is 1. The van der Waals surface area contributed by atoms with Gasteiger partial charge in [-0.1, -0.05) is 12.1 Å². The predicted octanol–water partition coefficient (Wildman–Crippen LogP) is 2.69. The van der Waals surface area contributed by atoms with Crippen LogP contribution in [0.15, 0.2) is 18.2 Å². The fourth-order valence-corrected chi connectivity index (χ4v) is 3.00. The zero-order valence-corrected chi connectivity index (χ0v) is 12.8. The molecule has 1 unspecified atom stereocenters. The zero-order chi connectivity index (χ0) is 14.7. The highest BCUT2D eigenvalue weighted by Crippen LogP contribution is 2.21. The van der Waals surface area contributed by atoms with Gasteiger partial charge < -0.3 is 10.1 Å². The Kier molecular flexibility index (Phi) is 4.88. The molecular formula is C17H25FN2O. The van der Waals surface area contributed by atoms with Gasteiger partial charge in [0.1, 0.15) is 5.82 Å². The van der Waals surface area contributed by atoms with Crippen LogP contribution in [0.4, 0.5) is 4.39 Å². The molecule has 1 aromatic rings. The maximum Gasteiger partial charge on any atom is 0.127 e. The molecule has 0 amide bonds. The number of hydrogen-bond donors (Lipinski definition) is 1. The van der Waals surface area contributed by atoms with Gasteiger partial charge in [-0.3, -0.25) is 4.90 Å². The molecule has 1 heterocycles. The summed E-state index contributed by atoms with van der Waals surface area (Å²) in [5, 5.41) is 3.48. The number of nitrogens with zero attached hydrogens (tertiary/aromatic N) is 1. The van der Waals surface area contributed by atoms with Crippen molar-refractivity contribution < 1.29 is 9.13 Å².